The molecule has 0 spiro atoms. The average Bonchev–Trinajstić information content (AvgIpc) is 2.83. The molecular weight excluding hydrogens is 230 g/mol. The van der Waals surface area contributed by atoms with Gasteiger partial charge in [0.25, 0.3) is 0 Å². The number of nitrogens with zero attached hydrogens (tertiary/aromatic N) is 2. The molecule has 0 radical (unpaired) electrons. The molecule has 1 aliphatic rings. The summed E-state index contributed by atoms with van der Waals surface area (Å²) in [5.41, 5.74) is 2.48. The minimum atomic E-state index is 0.707. The molecule has 1 aromatic heterocycles. The molecule has 0 amide bonds. The van der Waals surface area contributed by atoms with Crippen LogP contribution in [0.5, 0.6) is 0 Å². The monoisotopic (exact) mass is 253 g/mol. The Kier molecular flexibility index (Phi) is 4.51. The number of rotatable bonds is 5. The molecule has 0 saturated heterocycles. The molecule has 0 aromatic carbocycles. The lowest BCUT2D eigenvalue weighted by Gasteiger charge is -2.12. The van der Waals surface area contributed by atoms with Gasteiger partial charge in [-0.2, -0.15) is 16.9 Å². The van der Waals surface area contributed by atoms with E-state index in [1.807, 2.05) is 11.7 Å². The highest BCUT2D eigenvalue weighted by molar-refractivity contribution is 7.99. The zero-order chi connectivity index (χ0) is 12.3. The summed E-state index contributed by atoms with van der Waals surface area (Å²) in [5, 5.41) is 8.93. The van der Waals surface area contributed by atoms with Crippen molar-refractivity contribution < 1.29 is 0 Å². The lowest BCUT2D eigenvalue weighted by molar-refractivity contribution is 0.524. The maximum absolute atomic E-state index is 4.37. The molecule has 2 unspecified atom stereocenters. The van der Waals surface area contributed by atoms with E-state index in [4.69, 9.17) is 0 Å². The van der Waals surface area contributed by atoms with Gasteiger partial charge in [0, 0.05) is 36.6 Å². The van der Waals surface area contributed by atoms with E-state index < -0.39 is 0 Å². The molecule has 1 fully saturated rings. The summed E-state index contributed by atoms with van der Waals surface area (Å²) >= 11 is 2.12. The second-order valence-corrected chi connectivity index (χ2v) is 6.46. The first-order valence-corrected chi connectivity index (χ1v) is 7.58. The molecule has 1 aliphatic carbocycles. The van der Waals surface area contributed by atoms with E-state index >= 15 is 0 Å². The lowest BCUT2D eigenvalue weighted by atomic mass is 10.2. The van der Waals surface area contributed by atoms with Crippen molar-refractivity contribution >= 4 is 11.8 Å². The molecule has 17 heavy (non-hydrogen) atoms. The van der Waals surface area contributed by atoms with E-state index in [-0.39, 0.29) is 0 Å². The maximum Gasteiger partial charge on any atom is 0.0638 e. The van der Waals surface area contributed by atoms with Crippen molar-refractivity contribution in [3.05, 3.63) is 17.5 Å². The first-order chi connectivity index (χ1) is 8.19. The maximum atomic E-state index is 4.37. The fraction of sp³-hybridized carbons (Fsp3) is 0.769. The predicted molar refractivity (Wildman–Crippen MR) is 74.3 cm³/mol. The Bertz CT molecular complexity index is 362. The van der Waals surface area contributed by atoms with Crippen LogP contribution in [0.15, 0.2) is 6.20 Å². The highest BCUT2D eigenvalue weighted by Crippen LogP contribution is 2.29. The molecule has 1 saturated carbocycles. The lowest BCUT2D eigenvalue weighted by Crippen LogP contribution is -2.26. The molecule has 1 N–H and O–H groups in total. The Balaban J connectivity index is 1.78. The fourth-order valence-electron chi connectivity index (χ4n) is 2.59. The van der Waals surface area contributed by atoms with Crippen molar-refractivity contribution in [1.82, 2.24) is 15.1 Å². The summed E-state index contributed by atoms with van der Waals surface area (Å²) in [6.45, 7) is 5.31. The van der Waals surface area contributed by atoms with E-state index in [0.717, 1.165) is 17.5 Å². The van der Waals surface area contributed by atoms with Gasteiger partial charge in [-0.15, -0.1) is 0 Å². The third kappa shape index (κ3) is 3.49. The van der Waals surface area contributed by atoms with Gasteiger partial charge in [-0.05, 0) is 31.9 Å². The van der Waals surface area contributed by atoms with E-state index in [0.29, 0.717) is 6.04 Å². The number of hydrogen-bond acceptors (Lipinski definition) is 3. The van der Waals surface area contributed by atoms with Crippen molar-refractivity contribution in [1.29, 1.82) is 0 Å². The van der Waals surface area contributed by atoms with Crippen LogP contribution in [0.4, 0.5) is 0 Å². The number of aryl methyl sites for hydroxylation is 2. The molecule has 0 aliphatic heterocycles. The Labute approximate surface area is 108 Å². The second kappa shape index (κ2) is 5.91. The van der Waals surface area contributed by atoms with E-state index in [1.54, 1.807) is 0 Å². The third-order valence-electron chi connectivity index (χ3n) is 3.48. The summed E-state index contributed by atoms with van der Waals surface area (Å²) in [5.74, 6) is 1.25. The summed E-state index contributed by atoms with van der Waals surface area (Å²) < 4.78 is 1.90. The molecule has 96 valence electrons. The summed E-state index contributed by atoms with van der Waals surface area (Å²) in [7, 11) is 1.99. The van der Waals surface area contributed by atoms with Gasteiger partial charge in [0.15, 0.2) is 0 Å². The molecular formula is C13H23N3S. The molecule has 2 atom stereocenters. The van der Waals surface area contributed by atoms with Crippen LogP contribution in [-0.4, -0.2) is 26.8 Å². The average molecular weight is 253 g/mol. The van der Waals surface area contributed by atoms with Crippen LogP contribution in [0.3, 0.4) is 0 Å². The minimum Gasteiger partial charge on any atom is -0.310 e. The number of thioether (sulfide) groups is 1. The van der Waals surface area contributed by atoms with Crippen molar-refractivity contribution in [2.45, 2.75) is 50.9 Å². The molecule has 3 nitrogen and oxygen atoms in total. The smallest absolute Gasteiger partial charge is 0.0638 e. The fourth-order valence-corrected chi connectivity index (χ4v) is 3.73. The van der Waals surface area contributed by atoms with E-state index in [9.17, 15) is 0 Å². The Hall–Kier alpha value is -0.480. The van der Waals surface area contributed by atoms with Gasteiger partial charge in [-0.25, -0.2) is 0 Å². The summed E-state index contributed by atoms with van der Waals surface area (Å²) in [6.07, 6.45) is 6.16. The van der Waals surface area contributed by atoms with Crippen LogP contribution in [0, 0.1) is 6.92 Å². The summed E-state index contributed by atoms with van der Waals surface area (Å²) in [6, 6.07) is 0.707. The van der Waals surface area contributed by atoms with Gasteiger partial charge in [0.1, 0.15) is 0 Å². The van der Waals surface area contributed by atoms with Crippen molar-refractivity contribution in [2.75, 3.05) is 5.75 Å². The molecule has 0 bridgehead atoms. The minimum absolute atomic E-state index is 0.707. The first kappa shape index (κ1) is 13.0. The van der Waals surface area contributed by atoms with Crippen LogP contribution < -0.4 is 5.32 Å². The van der Waals surface area contributed by atoms with Gasteiger partial charge < -0.3 is 5.32 Å². The van der Waals surface area contributed by atoms with Crippen molar-refractivity contribution in [2.24, 2.45) is 7.05 Å². The van der Waals surface area contributed by atoms with Crippen LogP contribution in [0.1, 0.15) is 37.4 Å². The molecule has 1 heterocycles. The highest BCUT2D eigenvalue weighted by Gasteiger charge is 2.24. The molecule has 2 rings (SSSR count). The van der Waals surface area contributed by atoms with Crippen molar-refractivity contribution in [3.63, 3.8) is 0 Å². The zero-order valence-corrected chi connectivity index (χ0v) is 11.9. The largest absolute Gasteiger partial charge is 0.310 e. The van der Waals surface area contributed by atoms with E-state index in [2.05, 4.69) is 42.2 Å². The van der Waals surface area contributed by atoms with Gasteiger partial charge in [-0.1, -0.05) is 6.92 Å². The van der Waals surface area contributed by atoms with E-state index in [1.165, 1.54) is 30.6 Å². The normalized spacial score (nSPS) is 24.4. The van der Waals surface area contributed by atoms with Gasteiger partial charge in [-0.3, -0.25) is 4.68 Å². The number of aromatic nitrogens is 2. The molecule has 1 aromatic rings. The van der Waals surface area contributed by atoms with Crippen LogP contribution >= 0.6 is 11.8 Å². The quantitative estimate of drug-likeness (QED) is 0.874. The topological polar surface area (TPSA) is 29.9 Å². The zero-order valence-electron chi connectivity index (χ0n) is 11.1. The second-order valence-electron chi connectivity index (χ2n) is 4.88. The van der Waals surface area contributed by atoms with Crippen LogP contribution in [0.2, 0.25) is 0 Å². The highest BCUT2D eigenvalue weighted by atomic mass is 32.2. The Morgan fingerprint density at radius 3 is 3.00 bits per heavy atom. The van der Waals surface area contributed by atoms with Crippen molar-refractivity contribution in [3.8, 4) is 0 Å². The van der Waals surface area contributed by atoms with Gasteiger partial charge in [0.05, 0.1) is 5.69 Å². The predicted octanol–water partition coefficient (Wildman–Crippen LogP) is 2.49. The van der Waals surface area contributed by atoms with Crippen LogP contribution in [0.25, 0.3) is 0 Å². The first-order valence-electron chi connectivity index (χ1n) is 6.53. The van der Waals surface area contributed by atoms with Gasteiger partial charge in [0.2, 0.25) is 0 Å². The summed E-state index contributed by atoms with van der Waals surface area (Å²) in [4.78, 5) is 0. The SMILES string of the molecule is CCSC1CCC(NCc2cn(C)nc2C)C1. The Morgan fingerprint density at radius 2 is 2.35 bits per heavy atom. The molecule has 4 heteroatoms. The number of hydrogen-bond donors (Lipinski definition) is 1. The van der Waals surface area contributed by atoms with Crippen LogP contribution in [-0.2, 0) is 13.6 Å². The Morgan fingerprint density at radius 1 is 1.53 bits per heavy atom. The standard InChI is InChI=1S/C13H23N3S/c1-4-17-13-6-5-12(7-13)14-8-11-9-16(3)15-10(11)2/h9,12-14H,4-8H2,1-3H3. The van der Waals surface area contributed by atoms with Gasteiger partial charge >= 0.3 is 0 Å². The third-order valence-corrected chi connectivity index (χ3v) is 4.72. The number of nitrogens with one attached hydrogen (secondary N) is 1.